The Labute approximate surface area is 124 Å². The highest BCUT2D eigenvalue weighted by atomic mass is 16.4. The third kappa shape index (κ3) is 2.43. The van der Waals surface area contributed by atoms with Gasteiger partial charge in [0, 0.05) is 12.5 Å². The molecule has 0 bridgehead atoms. The molecule has 1 heterocycles. The molecule has 1 fully saturated rings. The maximum absolute atomic E-state index is 11.2. The first-order valence-corrected chi connectivity index (χ1v) is 7.53. The van der Waals surface area contributed by atoms with E-state index in [0.29, 0.717) is 22.8 Å². The van der Waals surface area contributed by atoms with Crippen molar-refractivity contribution in [3.05, 3.63) is 29.6 Å². The normalized spacial score (nSPS) is 20.1. The lowest BCUT2D eigenvalue weighted by molar-refractivity contribution is 0.0697. The van der Waals surface area contributed by atoms with Gasteiger partial charge < -0.3 is 9.67 Å². The topological polar surface area (TPSA) is 55.1 Å². The van der Waals surface area contributed by atoms with Crippen LogP contribution in [0.1, 0.15) is 56.2 Å². The first-order valence-electron chi connectivity index (χ1n) is 7.53. The molecular formula is C17H22N2O2. The van der Waals surface area contributed by atoms with E-state index in [1.54, 1.807) is 12.1 Å². The highest BCUT2D eigenvalue weighted by Crippen LogP contribution is 2.52. The molecule has 4 nitrogen and oxygen atoms in total. The van der Waals surface area contributed by atoms with E-state index >= 15 is 0 Å². The van der Waals surface area contributed by atoms with E-state index in [2.05, 4.69) is 32.3 Å². The molecule has 1 aliphatic rings. The lowest BCUT2D eigenvalue weighted by atomic mass is 10.1. The first-order chi connectivity index (χ1) is 9.79. The largest absolute Gasteiger partial charge is 0.478 e. The molecule has 1 aromatic heterocycles. The van der Waals surface area contributed by atoms with E-state index in [0.717, 1.165) is 23.4 Å². The average Bonchev–Trinajstić information content (AvgIpc) is 2.84. The SMILES string of the molecule is CC(C)c1nc2ccc(C(=O)O)cc2n1CC1CC1(C)C. The molecular weight excluding hydrogens is 264 g/mol. The van der Waals surface area contributed by atoms with Crippen LogP contribution in [0.15, 0.2) is 18.2 Å². The fourth-order valence-corrected chi connectivity index (χ4v) is 3.02. The third-order valence-electron chi connectivity index (χ3n) is 4.66. The quantitative estimate of drug-likeness (QED) is 0.927. The van der Waals surface area contributed by atoms with Crippen molar-refractivity contribution in [1.29, 1.82) is 0 Å². The van der Waals surface area contributed by atoms with Gasteiger partial charge in [0.25, 0.3) is 0 Å². The number of hydrogen-bond acceptors (Lipinski definition) is 2. The number of rotatable bonds is 4. The Morgan fingerprint density at radius 3 is 2.67 bits per heavy atom. The van der Waals surface area contributed by atoms with Gasteiger partial charge in [-0.1, -0.05) is 27.7 Å². The van der Waals surface area contributed by atoms with Crippen LogP contribution in [-0.2, 0) is 6.54 Å². The predicted molar refractivity (Wildman–Crippen MR) is 82.7 cm³/mol. The molecule has 4 heteroatoms. The van der Waals surface area contributed by atoms with E-state index < -0.39 is 5.97 Å². The number of fused-ring (bicyclic) bond motifs is 1. The van der Waals surface area contributed by atoms with Crippen LogP contribution < -0.4 is 0 Å². The number of carbonyl (C=O) groups is 1. The van der Waals surface area contributed by atoms with Crippen molar-refractivity contribution in [2.45, 2.75) is 46.6 Å². The van der Waals surface area contributed by atoms with Gasteiger partial charge in [-0.05, 0) is 36.0 Å². The van der Waals surface area contributed by atoms with Crippen LogP contribution in [0.25, 0.3) is 11.0 Å². The fraction of sp³-hybridized carbons (Fsp3) is 0.529. The number of carboxylic acids is 1. The summed E-state index contributed by atoms with van der Waals surface area (Å²) in [4.78, 5) is 15.9. The standard InChI is InChI=1S/C17H22N2O2/c1-10(2)15-18-13-6-5-11(16(20)21)7-14(13)19(15)9-12-8-17(12,3)4/h5-7,10,12H,8-9H2,1-4H3,(H,20,21). The monoisotopic (exact) mass is 286 g/mol. The Hall–Kier alpha value is -1.84. The Morgan fingerprint density at radius 2 is 2.14 bits per heavy atom. The summed E-state index contributed by atoms with van der Waals surface area (Å²) in [5, 5.41) is 9.20. The van der Waals surface area contributed by atoms with E-state index in [1.807, 2.05) is 6.07 Å². The van der Waals surface area contributed by atoms with Crippen molar-refractivity contribution in [2.24, 2.45) is 11.3 Å². The zero-order valence-electron chi connectivity index (χ0n) is 13.1. The Balaban J connectivity index is 2.10. The van der Waals surface area contributed by atoms with E-state index in [1.165, 1.54) is 6.42 Å². The summed E-state index contributed by atoms with van der Waals surface area (Å²) in [5.41, 5.74) is 2.56. The van der Waals surface area contributed by atoms with Gasteiger partial charge in [0.2, 0.25) is 0 Å². The number of benzene rings is 1. The van der Waals surface area contributed by atoms with Crippen LogP contribution >= 0.6 is 0 Å². The summed E-state index contributed by atoms with van der Waals surface area (Å²) in [5.74, 6) is 1.14. The fourth-order valence-electron chi connectivity index (χ4n) is 3.02. The lowest BCUT2D eigenvalue weighted by Gasteiger charge is -2.12. The minimum atomic E-state index is -0.887. The number of imidazole rings is 1. The van der Waals surface area contributed by atoms with E-state index in [4.69, 9.17) is 4.98 Å². The molecule has 1 N–H and O–H groups in total. The molecule has 0 spiro atoms. The minimum Gasteiger partial charge on any atom is -0.478 e. The van der Waals surface area contributed by atoms with E-state index in [9.17, 15) is 9.90 Å². The molecule has 1 atom stereocenters. The van der Waals surface area contributed by atoms with Crippen LogP contribution in [0.4, 0.5) is 0 Å². The Kier molecular flexibility index (Phi) is 3.08. The number of aromatic carboxylic acids is 1. The molecule has 0 radical (unpaired) electrons. The van der Waals surface area contributed by atoms with Crippen molar-refractivity contribution in [3.8, 4) is 0 Å². The Morgan fingerprint density at radius 1 is 1.48 bits per heavy atom. The molecule has 0 amide bonds. The van der Waals surface area contributed by atoms with Crippen molar-refractivity contribution < 1.29 is 9.90 Å². The van der Waals surface area contributed by atoms with Crippen molar-refractivity contribution in [2.75, 3.05) is 0 Å². The van der Waals surface area contributed by atoms with E-state index in [-0.39, 0.29) is 0 Å². The average molecular weight is 286 g/mol. The highest BCUT2D eigenvalue weighted by molar-refractivity contribution is 5.92. The van der Waals surface area contributed by atoms with Gasteiger partial charge >= 0.3 is 5.97 Å². The van der Waals surface area contributed by atoms with Gasteiger partial charge in [-0.2, -0.15) is 0 Å². The van der Waals surface area contributed by atoms with Crippen LogP contribution in [0.3, 0.4) is 0 Å². The highest BCUT2D eigenvalue weighted by Gasteiger charge is 2.45. The molecule has 1 aromatic carbocycles. The first kappa shape index (κ1) is 14.1. The van der Waals surface area contributed by atoms with Gasteiger partial charge in [-0.15, -0.1) is 0 Å². The van der Waals surface area contributed by atoms with Gasteiger partial charge in [0.15, 0.2) is 0 Å². The lowest BCUT2D eigenvalue weighted by Crippen LogP contribution is -2.09. The maximum atomic E-state index is 11.2. The summed E-state index contributed by atoms with van der Waals surface area (Å²) >= 11 is 0. The van der Waals surface area contributed by atoms with Crippen LogP contribution in [0.5, 0.6) is 0 Å². The Bertz CT molecular complexity index is 713. The van der Waals surface area contributed by atoms with Gasteiger partial charge in [-0.3, -0.25) is 0 Å². The molecule has 1 aliphatic carbocycles. The smallest absolute Gasteiger partial charge is 0.335 e. The van der Waals surface area contributed by atoms with Crippen molar-refractivity contribution in [1.82, 2.24) is 9.55 Å². The second-order valence-corrected chi connectivity index (χ2v) is 7.13. The minimum absolute atomic E-state index is 0.326. The number of aromatic nitrogens is 2. The maximum Gasteiger partial charge on any atom is 0.335 e. The summed E-state index contributed by atoms with van der Waals surface area (Å²) in [6.07, 6.45) is 1.23. The second kappa shape index (κ2) is 4.58. The molecule has 0 aliphatic heterocycles. The molecule has 112 valence electrons. The van der Waals surface area contributed by atoms with Crippen LogP contribution in [0.2, 0.25) is 0 Å². The number of nitrogens with zero attached hydrogens (tertiary/aromatic N) is 2. The molecule has 3 rings (SSSR count). The summed E-state index contributed by atoms with van der Waals surface area (Å²) in [6, 6.07) is 5.21. The van der Waals surface area contributed by atoms with Gasteiger partial charge in [0.1, 0.15) is 5.82 Å². The van der Waals surface area contributed by atoms with Gasteiger partial charge in [0.05, 0.1) is 16.6 Å². The zero-order chi connectivity index (χ0) is 15.4. The zero-order valence-corrected chi connectivity index (χ0v) is 13.1. The molecule has 2 aromatic rings. The number of carboxylic acid groups (broad SMARTS) is 1. The summed E-state index contributed by atoms with van der Waals surface area (Å²) in [6.45, 7) is 9.77. The molecule has 0 saturated heterocycles. The second-order valence-electron chi connectivity index (χ2n) is 7.13. The van der Waals surface area contributed by atoms with Crippen molar-refractivity contribution >= 4 is 17.0 Å². The third-order valence-corrected chi connectivity index (χ3v) is 4.66. The summed E-state index contributed by atoms with van der Waals surface area (Å²) < 4.78 is 2.23. The number of hydrogen-bond donors (Lipinski definition) is 1. The molecule has 1 saturated carbocycles. The van der Waals surface area contributed by atoms with Crippen LogP contribution in [0, 0.1) is 11.3 Å². The molecule has 1 unspecified atom stereocenters. The molecule has 21 heavy (non-hydrogen) atoms. The summed E-state index contributed by atoms with van der Waals surface area (Å²) in [7, 11) is 0. The van der Waals surface area contributed by atoms with Crippen LogP contribution in [-0.4, -0.2) is 20.6 Å². The predicted octanol–water partition coefficient (Wildman–Crippen LogP) is 3.90. The van der Waals surface area contributed by atoms with Gasteiger partial charge in [-0.25, -0.2) is 9.78 Å². The van der Waals surface area contributed by atoms with Crippen molar-refractivity contribution in [3.63, 3.8) is 0 Å².